The molecule has 2 aliphatic rings. The fraction of sp³-hybridized carbons (Fsp3) is 0.667. The number of hydrogen-bond acceptors (Lipinski definition) is 3. The lowest BCUT2D eigenvalue weighted by atomic mass is 9.99. The van der Waals surface area contributed by atoms with Crippen LogP contribution in [0.15, 0.2) is 12.2 Å². The maximum atomic E-state index is 11.4. The molecule has 16 heavy (non-hydrogen) atoms. The fourth-order valence-corrected chi connectivity index (χ4v) is 2.61. The van der Waals surface area contributed by atoms with E-state index in [-0.39, 0.29) is 24.9 Å². The van der Waals surface area contributed by atoms with Crippen LogP contribution >= 0.6 is 0 Å². The Morgan fingerprint density at radius 1 is 1.31 bits per heavy atom. The maximum Gasteiger partial charge on any atom is 0.306 e. The Labute approximate surface area is 94.3 Å². The molecule has 0 spiro atoms. The number of hydrogen-bond donors (Lipinski definition) is 1. The van der Waals surface area contributed by atoms with Gasteiger partial charge < -0.3 is 9.84 Å². The predicted molar refractivity (Wildman–Crippen MR) is 56.7 cm³/mol. The van der Waals surface area contributed by atoms with Gasteiger partial charge in [-0.05, 0) is 25.2 Å². The molecule has 3 atom stereocenters. The highest BCUT2D eigenvalue weighted by Gasteiger charge is 2.38. The molecule has 0 amide bonds. The standard InChI is InChI=1S/C12H16O4/c13-11(14)6-7-12(15)16-10-5-4-8-2-1-3-9(8)10/h1,3,8-10H,2,4-7H2,(H,13,14)/t8-,9-,10+/m0/s1. The van der Waals surface area contributed by atoms with E-state index in [0.717, 1.165) is 19.3 Å². The van der Waals surface area contributed by atoms with E-state index < -0.39 is 5.97 Å². The quantitative estimate of drug-likeness (QED) is 0.583. The van der Waals surface area contributed by atoms with Crippen LogP contribution in [0.1, 0.15) is 32.1 Å². The lowest BCUT2D eigenvalue weighted by Crippen LogP contribution is -2.22. The molecule has 0 heterocycles. The van der Waals surface area contributed by atoms with Crippen molar-refractivity contribution in [1.29, 1.82) is 0 Å². The molecule has 0 aliphatic heterocycles. The van der Waals surface area contributed by atoms with Gasteiger partial charge in [0.1, 0.15) is 6.10 Å². The van der Waals surface area contributed by atoms with E-state index in [9.17, 15) is 9.59 Å². The van der Waals surface area contributed by atoms with Crippen LogP contribution < -0.4 is 0 Å². The van der Waals surface area contributed by atoms with Gasteiger partial charge in [0.2, 0.25) is 0 Å². The second-order valence-corrected chi connectivity index (χ2v) is 4.50. The molecule has 0 aromatic rings. The lowest BCUT2D eigenvalue weighted by molar-refractivity contribution is -0.153. The van der Waals surface area contributed by atoms with Crippen molar-refractivity contribution in [3.8, 4) is 0 Å². The van der Waals surface area contributed by atoms with E-state index in [1.165, 1.54) is 0 Å². The SMILES string of the molecule is O=C(O)CCC(=O)O[C@@H]1CC[C@@H]2CC=C[C@@H]21. The van der Waals surface area contributed by atoms with Gasteiger partial charge in [0, 0.05) is 5.92 Å². The summed E-state index contributed by atoms with van der Waals surface area (Å²) in [7, 11) is 0. The number of rotatable bonds is 4. The summed E-state index contributed by atoms with van der Waals surface area (Å²) >= 11 is 0. The van der Waals surface area contributed by atoms with Crippen molar-refractivity contribution >= 4 is 11.9 Å². The van der Waals surface area contributed by atoms with Crippen LogP contribution in [-0.4, -0.2) is 23.1 Å². The average molecular weight is 224 g/mol. The number of ether oxygens (including phenoxy) is 1. The Morgan fingerprint density at radius 3 is 2.88 bits per heavy atom. The van der Waals surface area contributed by atoms with Gasteiger partial charge in [0.25, 0.3) is 0 Å². The third kappa shape index (κ3) is 2.43. The van der Waals surface area contributed by atoms with Gasteiger partial charge in [-0.1, -0.05) is 12.2 Å². The molecule has 0 aromatic heterocycles. The first-order chi connectivity index (χ1) is 7.66. The first kappa shape index (κ1) is 11.2. The zero-order valence-corrected chi connectivity index (χ0v) is 9.09. The van der Waals surface area contributed by atoms with Gasteiger partial charge in [0.05, 0.1) is 12.8 Å². The Kier molecular flexibility index (Phi) is 3.27. The Bertz CT molecular complexity index is 321. The van der Waals surface area contributed by atoms with Crippen molar-refractivity contribution in [2.75, 3.05) is 0 Å². The molecule has 1 saturated carbocycles. The zero-order chi connectivity index (χ0) is 11.5. The molecule has 4 heteroatoms. The molecular formula is C12H16O4. The Balaban J connectivity index is 1.79. The molecule has 0 radical (unpaired) electrons. The minimum atomic E-state index is -0.956. The monoisotopic (exact) mass is 224 g/mol. The van der Waals surface area contributed by atoms with E-state index in [4.69, 9.17) is 9.84 Å². The van der Waals surface area contributed by atoms with Crippen molar-refractivity contribution in [1.82, 2.24) is 0 Å². The van der Waals surface area contributed by atoms with Crippen molar-refractivity contribution in [3.05, 3.63) is 12.2 Å². The number of carboxylic acids is 1. The first-order valence-corrected chi connectivity index (χ1v) is 5.75. The van der Waals surface area contributed by atoms with E-state index in [0.29, 0.717) is 11.8 Å². The van der Waals surface area contributed by atoms with Crippen LogP contribution in [0.4, 0.5) is 0 Å². The smallest absolute Gasteiger partial charge is 0.306 e. The van der Waals surface area contributed by atoms with Gasteiger partial charge in [-0.15, -0.1) is 0 Å². The van der Waals surface area contributed by atoms with Crippen LogP contribution in [0.25, 0.3) is 0 Å². The van der Waals surface area contributed by atoms with E-state index in [1.807, 2.05) is 0 Å². The second kappa shape index (κ2) is 4.68. The number of esters is 1. The fourth-order valence-electron chi connectivity index (χ4n) is 2.61. The van der Waals surface area contributed by atoms with Crippen LogP contribution in [-0.2, 0) is 14.3 Å². The Morgan fingerprint density at radius 2 is 2.12 bits per heavy atom. The van der Waals surface area contributed by atoms with Crippen LogP contribution in [0.3, 0.4) is 0 Å². The van der Waals surface area contributed by atoms with E-state index in [2.05, 4.69) is 12.2 Å². The highest BCUT2D eigenvalue weighted by atomic mass is 16.5. The van der Waals surface area contributed by atoms with Gasteiger partial charge >= 0.3 is 11.9 Å². The van der Waals surface area contributed by atoms with Gasteiger partial charge in [-0.3, -0.25) is 9.59 Å². The van der Waals surface area contributed by atoms with Gasteiger partial charge in [-0.25, -0.2) is 0 Å². The molecule has 0 aromatic carbocycles. The van der Waals surface area contributed by atoms with Crippen molar-refractivity contribution in [2.24, 2.45) is 11.8 Å². The number of aliphatic carboxylic acids is 1. The third-order valence-electron chi connectivity index (χ3n) is 3.42. The highest BCUT2D eigenvalue weighted by Crippen LogP contribution is 2.41. The van der Waals surface area contributed by atoms with Crippen LogP contribution in [0.2, 0.25) is 0 Å². The molecule has 0 bridgehead atoms. The van der Waals surface area contributed by atoms with Gasteiger partial charge in [0.15, 0.2) is 0 Å². The minimum Gasteiger partial charge on any atom is -0.481 e. The minimum absolute atomic E-state index is 0.0209. The summed E-state index contributed by atoms with van der Waals surface area (Å²) in [5.74, 6) is -0.332. The molecule has 1 fully saturated rings. The van der Waals surface area contributed by atoms with Gasteiger partial charge in [-0.2, -0.15) is 0 Å². The maximum absolute atomic E-state index is 11.4. The number of carbonyl (C=O) groups is 2. The van der Waals surface area contributed by atoms with E-state index in [1.54, 1.807) is 0 Å². The second-order valence-electron chi connectivity index (χ2n) is 4.50. The average Bonchev–Trinajstić information content (AvgIpc) is 2.80. The number of allylic oxidation sites excluding steroid dienone is 1. The zero-order valence-electron chi connectivity index (χ0n) is 9.09. The third-order valence-corrected chi connectivity index (χ3v) is 3.42. The molecule has 2 rings (SSSR count). The molecule has 0 unspecified atom stereocenters. The molecule has 0 saturated heterocycles. The summed E-state index contributed by atoms with van der Waals surface area (Å²) in [4.78, 5) is 21.7. The molecule has 4 nitrogen and oxygen atoms in total. The molecule has 88 valence electrons. The van der Waals surface area contributed by atoms with Crippen molar-refractivity contribution in [2.45, 2.75) is 38.2 Å². The highest BCUT2D eigenvalue weighted by molar-refractivity contribution is 5.76. The number of carboxylic acid groups (broad SMARTS) is 1. The van der Waals surface area contributed by atoms with E-state index >= 15 is 0 Å². The lowest BCUT2D eigenvalue weighted by Gasteiger charge is -2.17. The number of carbonyl (C=O) groups excluding carboxylic acids is 1. The summed E-state index contributed by atoms with van der Waals surface area (Å²) in [5.41, 5.74) is 0. The molecule has 1 N–H and O–H groups in total. The molecule has 2 aliphatic carbocycles. The summed E-state index contributed by atoms with van der Waals surface area (Å²) in [6.07, 6.45) is 7.20. The predicted octanol–water partition coefficient (Wildman–Crippen LogP) is 1.75. The number of fused-ring (bicyclic) bond motifs is 1. The van der Waals surface area contributed by atoms with Crippen LogP contribution in [0, 0.1) is 11.8 Å². The van der Waals surface area contributed by atoms with Crippen LogP contribution in [0.5, 0.6) is 0 Å². The van der Waals surface area contributed by atoms with Crippen molar-refractivity contribution in [3.63, 3.8) is 0 Å². The summed E-state index contributed by atoms with van der Waals surface area (Å²) in [5, 5.41) is 8.45. The Hall–Kier alpha value is -1.32. The largest absolute Gasteiger partial charge is 0.481 e. The topological polar surface area (TPSA) is 63.6 Å². The molecular weight excluding hydrogens is 208 g/mol. The normalized spacial score (nSPS) is 31.4. The first-order valence-electron chi connectivity index (χ1n) is 5.75. The summed E-state index contributed by atoms with van der Waals surface area (Å²) < 4.78 is 5.32. The summed E-state index contributed by atoms with van der Waals surface area (Å²) in [6.45, 7) is 0. The summed E-state index contributed by atoms with van der Waals surface area (Å²) in [6, 6.07) is 0. The van der Waals surface area contributed by atoms with Crippen molar-refractivity contribution < 1.29 is 19.4 Å².